The highest BCUT2D eigenvalue weighted by Gasteiger charge is 2.63. The van der Waals surface area contributed by atoms with Crippen molar-refractivity contribution in [3.63, 3.8) is 0 Å². The van der Waals surface area contributed by atoms with E-state index in [1.165, 1.54) is 44.2 Å². The Balaban J connectivity index is 2.23. The number of hydrogen-bond donors (Lipinski definition) is 1. The number of thiazole rings is 1. The zero-order valence-electron chi connectivity index (χ0n) is 14.9. The summed E-state index contributed by atoms with van der Waals surface area (Å²) in [6, 6.07) is 4.04. The van der Waals surface area contributed by atoms with Crippen LogP contribution in [0.3, 0.4) is 0 Å². The molecule has 0 radical (unpaired) electrons. The number of nitrogens with zero attached hydrogens (tertiary/aromatic N) is 2. The SMILES string of the molecule is Cc1nc(-c2ccc(F)c([C@@]3(C)N=C(N)COC(C)(C)C3(F)F)c2)cs1. The lowest BCUT2D eigenvalue weighted by Crippen LogP contribution is -2.56. The van der Waals surface area contributed by atoms with Crippen LogP contribution in [0.4, 0.5) is 13.2 Å². The molecule has 1 aromatic carbocycles. The van der Waals surface area contributed by atoms with Gasteiger partial charge in [0, 0.05) is 16.5 Å². The van der Waals surface area contributed by atoms with Gasteiger partial charge in [-0.25, -0.2) is 18.2 Å². The molecule has 0 saturated heterocycles. The van der Waals surface area contributed by atoms with Gasteiger partial charge in [-0.2, -0.15) is 0 Å². The van der Waals surface area contributed by atoms with Gasteiger partial charge in [0.2, 0.25) is 0 Å². The zero-order chi connectivity index (χ0) is 19.3. The van der Waals surface area contributed by atoms with E-state index in [1.54, 1.807) is 5.38 Å². The molecule has 1 aliphatic heterocycles. The smallest absolute Gasteiger partial charge is 0.304 e. The largest absolute Gasteiger partial charge is 0.385 e. The molecule has 2 aromatic rings. The van der Waals surface area contributed by atoms with Crippen molar-refractivity contribution >= 4 is 17.2 Å². The molecule has 0 bridgehead atoms. The Morgan fingerprint density at radius 2 is 1.92 bits per heavy atom. The number of alkyl halides is 2. The maximum Gasteiger partial charge on any atom is 0.304 e. The molecule has 0 fully saturated rings. The summed E-state index contributed by atoms with van der Waals surface area (Å²) in [6.45, 7) is 5.29. The lowest BCUT2D eigenvalue weighted by Gasteiger charge is -2.42. The molecule has 0 amide bonds. The maximum absolute atomic E-state index is 15.4. The van der Waals surface area contributed by atoms with Gasteiger partial charge in [0.1, 0.15) is 23.9 Å². The van der Waals surface area contributed by atoms with Crippen molar-refractivity contribution in [2.24, 2.45) is 10.7 Å². The van der Waals surface area contributed by atoms with Crippen LogP contribution >= 0.6 is 11.3 Å². The van der Waals surface area contributed by atoms with E-state index < -0.39 is 22.9 Å². The van der Waals surface area contributed by atoms with Crippen LogP contribution in [-0.4, -0.2) is 29.0 Å². The highest BCUT2D eigenvalue weighted by atomic mass is 32.1. The summed E-state index contributed by atoms with van der Waals surface area (Å²) in [4.78, 5) is 8.33. The normalized spacial score (nSPS) is 24.8. The van der Waals surface area contributed by atoms with Gasteiger partial charge in [0.25, 0.3) is 0 Å². The molecule has 3 rings (SSSR count). The Bertz CT molecular complexity index is 878. The van der Waals surface area contributed by atoms with Crippen molar-refractivity contribution < 1.29 is 17.9 Å². The van der Waals surface area contributed by atoms with Gasteiger partial charge in [-0.1, -0.05) is 0 Å². The molecule has 0 spiro atoms. The molecular formula is C18H20F3N3OS. The van der Waals surface area contributed by atoms with Crippen LogP contribution in [0, 0.1) is 12.7 Å². The molecule has 0 saturated carbocycles. The third-order valence-electron chi connectivity index (χ3n) is 4.72. The molecule has 0 aliphatic carbocycles. The Hall–Kier alpha value is -1.93. The van der Waals surface area contributed by atoms with Gasteiger partial charge >= 0.3 is 5.92 Å². The summed E-state index contributed by atoms with van der Waals surface area (Å²) in [5.74, 6) is -4.40. The van der Waals surface area contributed by atoms with Gasteiger partial charge in [-0.05, 0) is 45.9 Å². The second-order valence-corrected chi connectivity index (χ2v) is 8.06. The lowest BCUT2D eigenvalue weighted by molar-refractivity contribution is -0.214. The van der Waals surface area contributed by atoms with Crippen LogP contribution in [-0.2, 0) is 10.3 Å². The lowest BCUT2D eigenvalue weighted by atomic mass is 9.77. The van der Waals surface area contributed by atoms with Crippen molar-refractivity contribution in [2.75, 3.05) is 6.61 Å². The van der Waals surface area contributed by atoms with E-state index in [9.17, 15) is 4.39 Å². The topological polar surface area (TPSA) is 60.5 Å². The number of ether oxygens (including phenoxy) is 1. The highest BCUT2D eigenvalue weighted by molar-refractivity contribution is 7.09. The molecule has 4 nitrogen and oxygen atoms in total. The molecule has 2 heterocycles. The minimum absolute atomic E-state index is 0.105. The van der Waals surface area contributed by atoms with Crippen LogP contribution in [0.25, 0.3) is 11.3 Å². The van der Waals surface area contributed by atoms with E-state index in [0.29, 0.717) is 11.3 Å². The van der Waals surface area contributed by atoms with Crippen LogP contribution in [0.5, 0.6) is 0 Å². The Kier molecular flexibility index (Phi) is 4.39. The van der Waals surface area contributed by atoms with E-state index >= 15 is 8.78 Å². The summed E-state index contributed by atoms with van der Waals surface area (Å²) < 4.78 is 50.7. The first-order valence-electron chi connectivity index (χ1n) is 8.06. The van der Waals surface area contributed by atoms with E-state index in [1.807, 2.05) is 6.92 Å². The van der Waals surface area contributed by atoms with Crippen molar-refractivity contribution in [3.05, 3.63) is 40.0 Å². The minimum atomic E-state index is -3.52. The molecule has 26 heavy (non-hydrogen) atoms. The average Bonchev–Trinajstić information content (AvgIpc) is 2.97. The second-order valence-electron chi connectivity index (χ2n) is 7.00. The Morgan fingerprint density at radius 1 is 1.23 bits per heavy atom. The van der Waals surface area contributed by atoms with Crippen molar-refractivity contribution in [2.45, 2.75) is 44.8 Å². The van der Waals surface area contributed by atoms with Gasteiger partial charge in [0.15, 0.2) is 5.54 Å². The summed E-state index contributed by atoms with van der Waals surface area (Å²) in [7, 11) is 0. The van der Waals surface area contributed by atoms with Gasteiger partial charge in [-0.15, -0.1) is 11.3 Å². The molecular weight excluding hydrogens is 363 g/mol. The quantitative estimate of drug-likeness (QED) is 0.842. The van der Waals surface area contributed by atoms with Gasteiger partial charge in [0.05, 0.1) is 10.7 Å². The van der Waals surface area contributed by atoms with E-state index in [0.717, 1.165) is 11.1 Å². The summed E-state index contributed by atoms with van der Waals surface area (Å²) in [5, 5.41) is 2.62. The number of amidine groups is 1. The second kappa shape index (κ2) is 6.06. The predicted octanol–water partition coefficient (Wildman–Crippen LogP) is 4.27. The van der Waals surface area contributed by atoms with E-state index in [4.69, 9.17) is 10.5 Å². The fourth-order valence-corrected chi connectivity index (χ4v) is 3.73. The molecule has 2 N–H and O–H groups in total. The third-order valence-corrected chi connectivity index (χ3v) is 5.49. The number of hydrogen-bond acceptors (Lipinski definition) is 5. The molecule has 1 aliphatic rings. The maximum atomic E-state index is 15.4. The van der Waals surface area contributed by atoms with Crippen molar-refractivity contribution in [3.8, 4) is 11.3 Å². The first kappa shape index (κ1) is 18.8. The Morgan fingerprint density at radius 3 is 2.54 bits per heavy atom. The standard InChI is InChI=1S/C18H20F3N3OS/c1-10-23-14(9-26-10)11-5-6-13(19)12(7-11)17(4)18(20,21)16(2,3)25-8-15(22)24-17/h5-7,9H,8H2,1-4H3,(H2,22,24)/t17-/m1/s1. The number of aliphatic imine (C=N–C) groups is 1. The van der Waals surface area contributed by atoms with E-state index in [-0.39, 0.29) is 18.0 Å². The molecule has 140 valence electrons. The van der Waals surface area contributed by atoms with Crippen molar-refractivity contribution in [1.29, 1.82) is 0 Å². The molecule has 1 atom stereocenters. The average molecular weight is 383 g/mol. The fraction of sp³-hybridized carbons (Fsp3) is 0.444. The zero-order valence-corrected chi connectivity index (χ0v) is 15.8. The number of rotatable bonds is 2. The number of halogens is 3. The fourth-order valence-electron chi connectivity index (χ4n) is 3.10. The molecule has 0 unspecified atom stereocenters. The first-order chi connectivity index (χ1) is 12.0. The number of benzene rings is 1. The highest BCUT2D eigenvalue weighted by Crippen LogP contribution is 2.51. The summed E-state index contributed by atoms with van der Waals surface area (Å²) >= 11 is 1.43. The minimum Gasteiger partial charge on any atom is -0.385 e. The van der Waals surface area contributed by atoms with Crippen molar-refractivity contribution in [1.82, 2.24) is 4.98 Å². The van der Waals surface area contributed by atoms with Crippen LogP contribution < -0.4 is 5.73 Å². The van der Waals surface area contributed by atoms with Gasteiger partial charge < -0.3 is 10.5 Å². The number of aryl methyl sites for hydroxylation is 1. The third kappa shape index (κ3) is 2.81. The van der Waals surface area contributed by atoms with Gasteiger partial charge in [-0.3, -0.25) is 4.99 Å². The molecule has 1 aromatic heterocycles. The summed E-state index contributed by atoms with van der Waals surface area (Å²) in [6.07, 6.45) is 0. The van der Waals surface area contributed by atoms with Crippen LogP contribution in [0.2, 0.25) is 0 Å². The monoisotopic (exact) mass is 383 g/mol. The van der Waals surface area contributed by atoms with Crippen LogP contribution in [0.15, 0.2) is 28.6 Å². The Labute approximate surface area is 153 Å². The number of nitrogens with two attached hydrogens (primary N) is 1. The predicted molar refractivity (Wildman–Crippen MR) is 96.2 cm³/mol. The molecule has 8 heteroatoms. The first-order valence-corrected chi connectivity index (χ1v) is 8.94. The van der Waals surface area contributed by atoms with Crippen LogP contribution in [0.1, 0.15) is 31.3 Å². The number of aromatic nitrogens is 1. The summed E-state index contributed by atoms with van der Waals surface area (Å²) in [5.41, 5.74) is 2.54. The van der Waals surface area contributed by atoms with E-state index in [2.05, 4.69) is 9.98 Å².